The number of nitrogens with zero attached hydrogens (tertiary/aromatic N) is 1. The molecule has 3 aromatic heterocycles. The molecule has 0 spiro atoms. The van der Waals surface area contributed by atoms with E-state index in [1.54, 1.807) is 24.5 Å². The number of hydrogen-bond donors (Lipinski definition) is 2. The number of ether oxygens (including phenoxy) is 1. The number of aromatic amines is 1. The maximum atomic E-state index is 12.9. The van der Waals surface area contributed by atoms with Crippen molar-refractivity contribution in [1.29, 1.82) is 5.41 Å². The molecule has 6 nitrogen and oxygen atoms in total. The second-order valence-corrected chi connectivity index (χ2v) is 8.40. The minimum absolute atomic E-state index is 0.0607. The van der Waals surface area contributed by atoms with Crippen LogP contribution in [0.4, 0.5) is 0 Å². The molecule has 3 heterocycles. The Morgan fingerprint density at radius 3 is 3.07 bits per heavy atom. The molecular weight excluding hydrogens is 374 g/mol. The zero-order valence-electron chi connectivity index (χ0n) is 15.6. The maximum Gasteiger partial charge on any atom is 0.260 e. The zero-order valence-corrected chi connectivity index (χ0v) is 16.4. The first-order chi connectivity index (χ1) is 13.5. The van der Waals surface area contributed by atoms with E-state index < -0.39 is 0 Å². The number of aromatic nitrogens is 2. The van der Waals surface area contributed by atoms with E-state index in [0.29, 0.717) is 34.0 Å². The number of rotatable bonds is 2. The molecule has 0 saturated heterocycles. The highest BCUT2D eigenvalue weighted by Crippen LogP contribution is 2.36. The highest BCUT2D eigenvalue weighted by atomic mass is 32.1. The molecule has 0 radical (unpaired) electrons. The molecule has 1 aliphatic carbocycles. The Kier molecular flexibility index (Phi) is 3.87. The van der Waals surface area contributed by atoms with Gasteiger partial charge >= 0.3 is 0 Å². The lowest BCUT2D eigenvalue weighted by Gasteiger charge is -2.17. The average molecular weight is 393 g/mol. The van der Waals surface area contributed by atoms with Crippen LogP contribution >= 0.6 is 11.3 Å². The predicted octanol–water partition coefficient (Wildman–Crippen LogP) is 4.01. The molecule has 4 aromatic rings. The fourth-order valence-electron chi connectivity index (χ4n) is 3.95. The normalized spacial score (nSPS) is 16.4. The standard InChI is InChI=1S/C21H19N3O3S/c1-10-6-7-12-15(8-10)28-21-16(12)20(25)23-19(24-21)13-9-11-4-3-5-14(26-2)17(11)27-18(13)22/h3-5,9-10,22H,6-8H2,1-2H3,(H,23,24,25). The van der Waals surface area contributed by atoms with E-state index >= 15 is 0 Å². The van der Waals surface area contributed by atoms with Crippen molar-refractivity contribution in [2.24, 2.45) is 5.92 Å². The van der Waals surface area contributed by atoms with Gasteiger partial charge in [0, 0.05) is 10.3 Å². The fraction of sp³-hybridized carbons (Fsp3) is 0.286. The van der Waals surface area contributed by atoms with Gasteiger partial charge in [-0.05, 0) is 42.9 Å². The molecule has 1 aliphatic rings. The fourth-order valence-corrected chi connectivity index (χ4v) is 5.33. The van der Waals surface area contributed by atoms with Crippen LogP contribution in [0.1, 0.15) is 23.8 Å². The molecule has 0 saturated carbocycles. The van der Waals surface area contributed by atoms with Crippen molar-refractivity contribution in [2.45, 2.75) is 26.2 Å². The number of benzene rings is 1. The summed E-state index contributed by atoms with van der Waals surface area (Å²) in [6.45, 7) is 2.24. The second kappa shape index (κ2) is 6.31. The summed E-state index contributed by atoms with van der Waals surface area (Å²) < 4.78 is 11.0. The first-order valence-electron chi connectivity index (χ1n) is 9.25. The summed E-state index contributed by atoms with van der Waals surface area (Å²) in [5, 5.41) is 9.81. The van der Waals surface area contributed by atoms with Crippen molar-refractivity contribution in [3.63, 3.8) is 0 Å². The number of aryl methyl sites for hydroxylation is 1. The van der Waals surface area contributed by atoms with Gasteiger partial charge in [-0.2, -0.15) is 0 Å². The summed E-state index contributed by atoms with van der Waals surface area (Å²) in [6, 6.07) is 7.34. The Hall–Kier alpha value is -2.93. The molecule has 1 atom stereocenters. The van der Waals surface area contributed by atoms with E-state index in [1.807, 2.05) is 18.2 Å². The minimum atomic E-state index is -0.141. The van der Waals surface area contributed by atoms with Crippen LogP contribution in [-0.4, -0.2) is 17.1 Å². The smallest absolute Gasteiger partial charge is 0.260 e. The van der Waals surface area contributed by atoms with Crippen LogP contribution in [0.5, 0.6) is 5.75 Å². The number of H-pyrrole nitrogens is 1. The summed E-state index contributed by atoms with van der Waals surface area (Å²) >= 11 is 1.60. The van der Waals surface area contributed by atoms with Gasteiger partial charge in [-0.15, -0.1) is 11.3 Å². The Bertz CT molecular complexity index is 1350. The summed E-state index contributed by atoms with van der Waals surface area (Å²) in [7, 11) is 1.56. The van der Waals surface area contributed by atoms with Crippen molar-refractivity contribution in [2.75, 3.05) is 7.11 Å². The Morgan fingerprint density at radius 1 is 1.39 bits per heavy atom. The van der Waals surface area contributed by atoms with Crippen molar-refractivity contribution in [1.82, 2.24) is 9.97 Å². The first-order valence-corrected chi connectivity index (χ1v) is 10.1. The number of hydrogen-bond acceptors (Lipinski definition) is 6. The Labute approximate surface area is 164 Å². The van der Waals surface area contributed by atoms with Gasteiger partial charge in [-0.1, -0.05) is 19.1 Å². The summed E-state index contributed by atoms with van der Waals surface area (Å²) in [5.74, 6) is 1.56. The molecule has 0 bridgehead atoms. The number of para-hydroxylation sites is 1. The van der Waals surface area contributed by atoms with Gasteiger partial charge in [0.25, 0.3) is 5.56 Å². The molecule has 1 aromatic carbocycles. The molecule has 28 heavy (non-hydrogen) atoms. The van der Waals surface area contributed by atoms with Crippen molar-refractivity contribution in [3.8, 4) is 17.1 Å². The summed E-state index contributed by atoms with van der Waals surface area (Å²) in [5.41, 5.74) is 1.91. The topological polar surface area (TPSA) is 92.0 Å². The molecule has 0 fully saturated rings. The van der Waals surface area contributed by atoms with Gasteiger partial charge in [-0.3, -0.25) is 10.2 Å². The molecule has 2 N–H and O–H groups in total. The molecular formula is C21H19N3O3S. The van der Waals surface area contributed by atoms with E-state index in [0.717, 1.165) is 35.0 Å². The highest BCUT2D eigenvalue weighted by Gasteiger charge is 2.23. The van der Waals surface area contributed by atoms with Gasteiger partial charge in [0.1, 0.15) is 10.7 Å². The van der Waals surface area contributed by atoms with E-state index in [2.05, 4.69) is 11.9 Å². The quantitative estimate of drug-likeness (QED) is 0.538. The molecule has 7 heteroatoms. The van der Waals surface area contributed by atoms with Gasteiger partial charge in [-0.25, -0.2) is 4.98 Å². The van der Waals surface area contributed by atoms with Crippen molar-refractivity contribution in [3.05, 3.63) is 50.6 Å². The number of nitrogens with one attached hydrogen (secondary N) is 2. The van der Waals surface area contributed by atoms with Crippen LogP contribution in [0, 0.1) is 11.3 Å². The number of fused-ring (bicyclic) bond motifs is 4. The van der Waals surface area contributed by atoms with Gasteiger partial charge in [0.05, 0.1) is 18.1 Å². The second-order valence-electron chi connectivity index (χ2n) is 7.31. The van der Waals surface area contributed by atoms with Crippen LogP contribution in [0.3, 0.4) is 0 Å². The third-order valence-corrected chi connectivity index (χ3v) is 6.55. The molecule has 0 aliphatic heterocycles. The number of thiophene rings is 1. The van der Waals surface area contributed by atoms with Crippen LogP contribution in [0.15, 0.2) is 33.5 Å². The van der Waals surface area contributed by atoms with Gasteiger partial charge in [0.15, 0.2) is 11.3 Å². The average Bonchev–Trinajstić information content (AvgIpc) is 3.04. The van der Waals surface area contributed by atoms with E-state index in [-0.39, 0.29) is 11.1 Å². The summed E-state index contributed by atoms with van der Waals surface area (Å²) in [6.07, 6.45) is 3.03. The maximum absolute atomic E-state index is 12.9. The number of methoxy groups -OCH3 is 1. The Balaban J connectivity index is 1.73. The molecule has 142 valence electrons. The highest BCUT2D eigenvalue weighted by molar-refractivity contribution is 7.18. The summed E-state index contributed by atoms with van der Waals surface area (Å²) in [4.78, 5) is 22.4. The van der Waals surface area contributed by atoms with Crippen LogP contribution in [0.2, 0.25) is 0 Å². The lowest BCUT2D eigenvalue weighted by Crippen LogP contribution is -2.15. The van der Waals surface area contributed by atoms with Crippen LogP contribution in [-0.2, 0) is 12.8 Å². The van der Waals surface area contributed by atoms with Gasteiger partial charge < -0.3 is 14.1 Å². The molecule has 1 unspecified atom stereocenters. The molecule has 5 rings (SSSR count). The van der Waals surface area contributed by atoms with Gasteiger partial charge in [0.2, 0.25) is 5.55 Å². The lowest BCUT2D eigenvalue weighted by molar-refractivity contribution is 0.405. The van der Waals surface area contributed by atoms with Crippen molar-refractivity contribution >= 4 is 32.5 Å². The minimum Gasteiger partial charge on any atom is -0.493 e. The lowest BCUT2D eigenvalue weighted by atomic mass is 9.89. The first kappa shape index (κ1) is 17.2. The van der Waals surface area contributed by atoms with E-state index in [9.17, 15) is 4.79 Å². The largest absolute Gasteiger partial charge is 0.493 e. The molecule has 0 amide bonds. The third-order valence-electron chi connectivity index (χ3n) is 5.40. The monoisotopic (exact) mass is 393 g/mol. The van der Waals surface area contributed by atoms with Crippen LogP contribution < -0.4 is 15.9 Å². The Morgan fingerprint density at radius 2 is 2.25 bits per heavy atom. The van der Waals surface area contributed by atoms with Crippen LogP contribution in [0.25, 0.3) is 32.6 Å². The third kappa shape index (κ3) is 2.57. The van der Waals surface area contributed by atoms with E-state index in [4.69, 9.17) is 19.5 Å². The predicted molar refractivity (Wildman–Crippen MR) is 109 cm³/mol. The van der Waals surface area contributed by atoms with Crippen molar-refractivity contribution < 1.29 is 9.15 Å². The zero-order chi connectivity index (χ0) is 19.4. The SMILES string of the molecule is COc1cccc2cc(-c3nc4sc5c(c4c(=O)[nH]3)CCC(C)C5)c(=N)oc12. The van der Waals surface area contributed by atoms with E-state index in [1.165, 1.54) is 4.88 Å².